The van der Waals surface area contributed by atoms with Gasteiger partial charge in [-0.05, 0) is 115 Å². The van der Waals surface area contributed by atoms with Gasteiger partial charge in [-0.2, -0.15) is 9.97 Å². The molecule has 67 heavy (non-hydrogen) atoms. The zero-order chi connectivity index (χ0) is 44.1. The van der Waals surface area contributed by atoms with E-state index in [4.69, 9.17) is 26.0 Å². The third-order valence-electron chi connectivity index (χ3n) is 14.8. The summed E-state index contributed by atoms with van der Waals surface area (Å²) in [4.78, 5) is 14.6. The van der Waals surface area contributed by atoms with Crippen molar-refractivity contribution in [1.29, 1.82) is 0 Å². The lowest BCUT2D eigenvalue weighted by molar-refractivity contribution is 0.669. The van der Waals surface area contributed by atoms with Gasteiger partial charge in [-0.3, -0.25) is 0 Å². The zero-order valence-corrected chi connectivity index (χ0v) is 36.8. The molecule has 10 aromatic carbocycles. The van der Waals surface area contributed by atoms with Crippen LogP contribution < -0.4 is 0 Å². The first-order chi connectivity index (χ1) is 33.0. The molecule has 1 aliphatic carbocycles. The lowest BCUT2D eigenvalue weighted by Crippen LogP contribution is -2.22. The maximum absolute atomic E-state index is 6.84. The number of hydrogen-bond donors (Lipinski definition) is 0. The molecule has 1 unspecified atom stereocenters. The van der Waals surface area contributed by atoms with Crippen LogP contribution in [0, 0.1) is 0 Å². The largest absolute Gasteiger partial charge is 0.455 e. The molecule has 1 aliphatic heterocycles. The molecule has 0 saturated heterocycles. The van der Waals surface area contributed by atoms with Crippen molar-refractivity contribution in [3.05, 3.63) is 216 Å². The van der Waals surface area contributed by atoms with Gasteiger partial charge < -0.3 is 8.98 Å². The van der Waals surface area contributed by atoms with Crippen LogP contribution in [0.5, 0.6) is 0 Å². The van der Waals surface area contributed by atoms with Crippen LogP contribution in [0.4, 0.5) is 0 Å². The summed E-state index contributed by atoms with van der Waals surface area (Å²) in [5, 5.41) is 9.18. The molecule has 4 heterocycles. The Bertz CT molecular complexity index is 4330. The summed E-state index contributed by atoms with van der Waals surface area (Å²) >= 11 is 6.84. The van der Waals surface area contributed by atoms with Crippen LogP contribution in [0.1, 0.15) is 23.6 Å². The zero-order valence-electron chi connectivity index (χ0n) is 36.1. The normalized spacial score (nSPS) is 14.8. The van der Waals surface area contributed by atoms with Crippen molar-refractivity contribution >= 4 is 76.9 Å². The molecule has 5 nitrogen and oxygen atoms in total. The number of benzene rings is 10. The first-order valence-corrected chi connectivity index (χ1v) is 23.1. The van der Waals surface area contributed by atoms with E-state index >= 15 is 0 Å². The van der Waals surface area contributed by atoms with Crippen molar-refractivity contribution in [3.8, 4) is 61.8 Å². The van der Waals surface area contributed by atoms with E-state index in [9.17, 15) is 0 Å². The second-order valence-electron chi connectivity index (χ2n) is 18.1. The first kappa shape index (κ1) is 36.9. The average Bonchev–Trinajstić information content (AvgIpc) is 3.99. The van der Waals surface area contributed by atoms with Crippen molar-refractivity contribution in [2.75, 3.05) is 0 Å². The van der Waals surface area contributed by atoms with Crippen LogP contribution >= 0.6 is 11.6 Å². The summed E-state index contributed by atoms with van der Waals surface area (Å²) in [5.74, 6) is 0.953. The van der Waals surface area contributed by atoms with E-state index in [0.717, 1.165) is 43.8 Å². The van der Waals surface area contributed by atoms with E-state index in [0.29, 0.717) is 17.2 Å². The smallest absolute Gasteiger partial charge is 0.226 e. The molecule has 0 amide bonds. The van der Waals surface area contributed by atoms with Gasteiger partial charge >= 0.3 is 0 Å². The second-order valence-corrected chi connectivity index (χ2v) is 18.4. The highest BCUT2D eigenvalue weighted by molar-refractivity contribution is 6.28. The van der Waals surface area contributed by atoms with E-state index in [1.54, 1.807) is 0 Å². The highest BCUT2D eigenvalue weighted by atomic mass is 35.5. The molecular weight excluding hydrogens is 840 g/mol. The topological polar surface area (TPSA) is 56.7 Å². The summed E-state index contributed by atoms with van der Waals surface area (Å²) in [6.07, 6.45) is 0. The number of hydrogen-bond acceptors (Lipinski definition) is 4. The SMILES string of the molecule is CC1(c2ccc3ccccc3c2)c2cccc3c2-c2c1cc(-c1cccc4c(-c5nc(Cl)nc(-c6cccc7c6oc6ccccc67)n5)cccc14)c1c4ccccc4n(c21)-c1ccccc1-3. The Hall–Kier alpha value is -8.38. The molecule has 0 spiro atoms. The number of rotatable bonds is 4. The second kappa shape index (κ2) is 13.4. The minimum Gasteiger partial charge on any atom is -0.455 e. The number of nitrogens with zero attached hydrogens (tertiary/aromatic N) is 4. The van der Waals surface area contributed by atoms with Crippen molar-refractivity contribution in [1.82, 2.24) is 19.5 Å². The van der Waals surface area contributed by atoms with E-state index < -0.39 is 5.41 Å². The van der Waals surface area contributed by atoms with Crippen molar-refractivity contribution in [2.24, 2.45) is 0 Å². The Morgan fingerprint density at radius 2 is 1.10 bits per heavy atom. The van der Waals surface area contributed by atoms with Gasteiger partial charge in [0.25, 0.3) is 0 Å². The fourth-order valence-corrected chi connectivity index (χ4v) is 12.0. The number of fused-ring (bicyclic) bond motifs is 11. The molecule has 1 atom stereocenters. The van der Waals surface area contributed by atoms with Gasteiger partial charge in [0.15, 0.2) is 11.6 Å². The van der Waals surface area contributed by atoms with Gasteiger partial charge in [0.2, 0.25) is 5.28 Å². The van der Waals surface area contributed by atoms with Crippen LogP contribution in [-0.2, 0) is 5.41 Å². The third kappa shape index (κ3) is 4.91. The fraction of sp³-hybridized carbons (Fsp3) is 0.0328. The monoisotopic (exact) mass is 874 g/mol. The summed E-state index contributed by atoms with van der Waals surface area (Å²) in [6.45, 7) is 2.44. The molecule has 312 valence electrons. The first-order valence-electron chi connectivity index (χ1n) is 22.7. The molecule has 0 fully saturated rings. The minimum atomic E-state index is -0.475. The van der Waals surface area contributed by atoms with Crippen LogP contribution in [-0.4, -0.2) is 19.5 Å². The number of para-hydroxylation sites is 4. The molecule has 0 bridgehead atoms. The maximum Gasteiger partial charge on any atom is 0.226 e. The lowest BCUT2D eigenvalue weighted by atomic mass is 9.72. The van der Waals surface area contributed by atoms with Gasteiger partial charge in [-0.25, -0.2) is 4.98 Å². The van der Waals surface area contributed by atoms with Crippen LogP contribution in [0.25, 0.3) is 127 Å². The summed E-state index contributed by atoms with van der Waals surface area (Å²) in [5.41, 5.74) is 17.6. The summed E-state index contributed by atoms with van der Waals surface area (Å²) < 4.78 is 8.97. The summed E-state index contributed by atoms with van der Waals surface area (Å²) in [6, 6.07) is 70.2. The van der Waals surface area contributed by atoms with E-state index in [1.807, 2.05) is 30.3 Å². The number of aromatic nitrogens is 4. The Morgan fingerprint density at radius 1 is 0.463 bits per heavy atom. The molecule has 15 rings (SSSR count). The highest BCUT2D eigenvalue weighted by Crippen LogP contribution is 2.62. The van der Waals surface area contributed by atoms with Gasteiger partial charge in [-0.15, -0.1) is 0 Å². The Morgan fingerprint density at radius 3 is 1.99 bits per heavy atom. The maximum atomic E-state index is 6.84. The summed E-state index contributed by atoms with van der Waals surface area (Å²) in [7, 11) is 0. The van der Waals surface area contributed by atoms with Gasteiger partial charge in [-0.1, -0.05) is 158 Å². The highest BCUT2D eigenvalue weighted by Gasteiger charge is 2.45. The Balaban J connectivity index is 1.02. The van der Waals surface area contributed by atoms with E-state index in [-0.39, 0.29) is 5.28 Å². The molecule has 0 saturated carbocycles. The fourth-order valence-electron chi connectivity index (χ4n) is 11.8. The third-order valence-corrected chi connectivity index (χ3v) is 15.0. The predicted octanol–water partition coefficient (Wildman–Crippen LogP) is 16.1. The molecule has 0 radical (unpaired) electrons. The van der Waals surface area contributed by atoms with Gasteiger partial charge in [0.1, 0.15) is 11.2 Å². The van der Waals surface area contributed by atoms with E-state index in [1.165, 1.54) is 82.8 Å². The standard InChI is InChI=1S/C61H35ClN4O/c1-61(36-31-30-34-14-2-3-15-35(34)32-36)48-26-13-22-42-40-16-4-7-27-50(40)66-51-28-8-5-18-45(51)53-47(33-49(61)55(54(42)48)56(53)66)39-21-10-20-38-37(39)19-11-24-44(38)58-63-59(65-60(62)64-58)46-25-12-23-43-41-17-6-9-29-52(41)67-57(43)46/h2-33H,1H3. The number of furan rings is 1. The van der Waals surface area contributed by atoms with E-state index in [2.05, 4.69) is 180 Å². The van der Waals surface area contributed by atoms with Crippen LogP contribution in [0.3, 0.4) is 0 Å². The van der Waals surface area contributed by atoms with Crippen LogP contribution in [0.2, 0.25) is 5.28 Å². The van der Waals surface area contributed by atoms with Crippen molar-refractivity contribution < 1.29 is 4.42 Å². The Labute approximate surface area is 389 Å². The molecule has 0 N–H and O–H groups in total. The molecule has 13 aromatic rings. The van der Waals surface area contributed by atoms with Crippen LogP contribution in [0.15, 0.2) is 199 Å². The molecule has 3 aromatic heterocycles. The van der Waals surface area contributed by atoms with Crippen molar-refractivity contribution in [2.45, 2.75) is 12.3 Å². The van der Waals surface area contributed by atoms with Crippen molar-refractivity contribution in [3.63, 3.8) is 0 Å². The lowest BCUT2D eigenvalue weighted by Gasteiger charge is -2.30. The minimum absolute atomic E-state index is 0.118. The number of halogens is 1. The average molecular weight is 875 g/mol. The molecule has 6 heteroatoms. The molecular formula is C61H35ClN4O. The quantitative estimate of drug-likeness (QED) is 0.177. The molecule has 2 aliphatic rings. The van der Waals surface area contributed by atoms with Gasteiger partial charge in [0.05, 0.1) is 22.3 Å². The van der Waals surface area contributed by atoms with Gasteiger partial charge in [0, 0.05) is 43.7 Å². The Kier molecular flexibility index (Phi) is 7.35. The predicted molar refractivity (Wildman–Crippen MR) is 274 cm³/mol.